The van der Waals surface area contributed by atoms with Gasteiger partial charge in [0.2, 0.25) is 0 Å². The van der Waals surface area contributed by atoms with E-state index in [2.05, 4.69) is 37.9 Å². The van der Waals surface area contributed by atoms with Crippen LogP contribution in [-0.4, -0.2) is 22.4 Å². The molecule has 1 heterocycles. The normalized spacial score (nSPS) is 24.6. The van der Waals surface area contributed by atoms with Gasteiger partial charge in [-0.3, -0.25) is 0 Å². The molecule has 1 aliphatic rings. The summed E-state index contributed by atoms with van der Waals surface area (Å²) in [6, 6.07) is 0. The van der Waals surface area contributed by atoms with Gasteiger partial charge in [0, 0.05) is 18.6 Å². The Labute approximate surface area is 115 Å². The van der Waals surface area contributed by atoms with E-state index in [1.54, 1.807) is 6.33 Å². The van der Waals surface area contributed by atoms with Gasteiger partial charge < -0.3 is 5.32 Å². The van der Waals surface area contributed by atoms with Crippen LogP contribution in [0.1, 0.15) is 19.3 Å². The summed E-state index contributed by atoms with van der Waals surface area (Å²) in [6.45, 7) is 0.977. The van der Waals surface area contributed by atoms with Crippen molar-refractivity contribution in [2.75, 3.05) is 17.7 Å². The minimum Gasteiger partial charge on any atom is -0.369 e. The maximum Gasteiger partial charge on any atom is 0.142 e. The van der Waals surface area contributed by atoms with Crippen LogP contribution in [0.3, 0.4) is 0 Å². The predicted molar refractivity (Wildman–Crippen MR) is 74.8 cm³/mol. The number of hydrogen-bond acceptors (Lipinski definition) is 3. The van der Waals surface area contributed by atoms with Crippen LogP contribution in [0.15, 0.2) is 12.5 Å². The molecule has 0 aliphatic heterocycles. The Morgan fingerprint density at radius 1 is 1.44 bits per heavy atom. The lowest BCUT2D eigenvalue weighted by atomic mass is 9.98. The topological polar surface area (TPSA) is 37.8 Å². The largest absolute Gasteiger partial charge is 0.369 e. The molecule has 1 saturated carbocycles. The summed E-state index contributed by atoms with van der Waals surface area (Å²) in [5.74, 6) is 3.10. The second-order valence-electron chi connectivity index (χ2n) is 4.21. The van der Waals surface area contributed by atoms with Gasteiger partial charge in [-0.2, -0.15) is 0 Å². The smallest absolute Gasteiger partial charge is 0.142 e. The zero-order chi connectivity index (χ0) is 11.4. The summed E-state index contributed by atoms with van der Waals surface area (Å²) in [7, 11) is 0. The number of nitrogens with one attached hydrogen (secondary N) is 1. The van der Waals surface area contributed by atoms with Gasteiger partial charge in [0.15, 0.2) is 0 Å². The molecule has 0 saturated heterocycles. The van der Waals surface area contributed by atoms with Gasteiger partial charge in [-0.05, 0) is 47.3 Å². The molecule has 1 N–H and O–H groups in total. The van der Waals surface area contributed by atoms with Crippen molar-refractivity contribution in [3.63, 3.8) is 0 Å². The summed E-state index contributed by atoms with van der Waals surface area (Å²) in [6.07, 6.45) is 7.27. The van der Waals surface area contributed by atoms with Gasteiger partial charge in [-0.15, -0.1) is 11.6 Å². The van der Waals surface area contributed by atoms with E-state index in [0.717, 1.165) is 21.8 Å². The van der Waals surface area contributed by atoms with E-state index in [1.807, 2.05) is 6.20 Å². The molecular formula is C11H15ClIN3. The van der Waals surface area contributed by atoms with Crippen LogP contribution >= 0.6 is 34.2 Å². The summed E-state index contributed by atoms with van der Waals surface area (Å²) in [4.78, 5) is 8.20. The van der Waals surface area contributed by atoms with E-state index in [1.165, 1.54) is 19.3 Å². The minimum absolute atomic E-state index is 0.675. The molecule has 0 radical (unpaired) electrons. The zero-order valence-corrected chi connectivity index (χ0v) is 11.9. The Hall–Kier alpha value is -0.100. The number of halogens is 2. The maximum absolute atomic E-state index is 5.96. The number of aromatic nitrogens is 2. The van der Waals surface area contributed by atoms with Crippen LogP contribution in [0.5, 0.6) is 0 Å². The van der Waals surface area contributed by atoms with Crippen molar-refractivity contribution in [3.8, 4) is 0 Å². The third-order valence-corrected chi connectivity index (χ3v) is 4.40. The molecule has 1 aliphatic carbocycles. The number of alkyl halides is 1. The van der Waals surface area contributed by atoms with Crippen molar-refractivity contribution in [1.82, 2.24) is 9.97 Å². The minimum atomic E-state index is 0.675. The fourth-order valence-corrected chi connectivity index (χ4v) is 3.15. The van der Waals surface area contributed by atoms with Crippen LogP contribution in [0.2, 0.25) is 0 Å². The standard InChI is InChI=1S/C11H15ClIN3/c12-4-8-2-1-3-9(8)5-15-11-10(13)6-14-7-16-11/h6-9H,1-5H2,(H,14,15,16). The summed E-state index contributed by atoms with van der Waals surface area (Å²) in [5.41, 5.74) is 0. The highest BCUT2D eigenvalue weighted by Crippen LogP contribution is 2.32. The highest BCUT2D eigenvalue weighted by Gasteiger charge is 2.26. The van der Waals surface area contributed by atoms with Crippen molar-refractivity contribution >= 4 is 40.0 Å². The first-order chi connectivity index (χ1) is 7.81. The van der Waals surface area contributed by atoms with Crippen molar-refractivity contribution < 1.29 is 0 Å². The predicted octanol–water partition coefficient (Wildman–Crippen LogP) is 3.15. The monoisotopic (exact) mass is 351 g/mol. The maximum atomic E-state index is 5.96. The first-order valence-corrected chi connectivity index (χ1v) is 7.18. The van der Waals surface area contributed by atoms with Gasteiger partial charge in [0.05, 0.1) is 3.57 Å². The van der Waals surface area contributed by atoms with Crippen molar-refractivity contribution in [2.45, 2.75) is 19.3 Å². The van der Waals surface area contributed by atoms with E-state index < -0.39 is 0 Å². The molecule has 5 heteroatoms. The third-order valence-electron chi connectivity index (χ3n) is 3.21. The Kier molecular flexibility index (Phi) is 4.64. The highest BCUT2D eigenvalue weighted by atomic mass is 127. The molecule has 0 aromatic carbocycles. The Bertz CT molecular complexity index is 348. The quantitative estimate of drug-likeness (QED) is 0.669. The van der Waals surface area contributed by atoms with E-state index >= 15 is 0 Å². The van der Waals surface area contributed by atoms with Crippen LogP contribution in [0.4, 0.5) is 5.82 Å². The van der Waals surface area contributed by atoms with E-state index in [9.17, 15) is 0 Å². The molecule has 2 atom stereocenters. The first kappa shape index (κ1) is 12.4. The number of rotatable bonds is 4. The van der Waals surface area contributed by atoms with Crippen LogP contribution in [0.25, 0.3) is 0 Å². The van der Waals surface area contributed by atoms with E-state index in [-0.39, 0.29) is 0 Å². The number of nitrogens with zero attached hydrogens (tertiary/aromatic N) is 2. The average Bonchev–Trinajstić information content (AvgIpc) is 2.75. The lowest BCUT2D eigenvalue weighted by Gasteiger charge is -2.18. The fraction of sp³-hybridized carbons (Fsp3) is 0.636. The third kappa shape index (κ3) is 2.97. The average molecular weight is 352 g/mol. The van der Waals surface area contributed by atoms with Gasteiger partial charge in [-0.1, -0.05) is 6.42 Å². The second kappa shape index (κ2) is 6.00. The molecule has 1 aromatic heterocycles. The Balaban J connectivity index is 1.90. The Morgan fingerprint density at radius 3 is 3.00 bits per heavy atom. The molecule has 1 fully saturated rings. The fourth-order valence-electron chi connectivity index (χ4n) is 2.26. The zero-order valence-electron chi connectivity index (χ0n) is 9.00. The molecule has 1 aromatic rings. The van der Waals surface area contributed by atoms with Crippen LogP contribution in [-0.2, 0) is 0 Å². The summed E-state index contributed by atoms with van der Waals surface area (Å²) < 4.78 is 1.07. The van der Waals surface area contributed by atoms with E-state index in [0.29, 0.717) is 11.8 Å². The molecular weight excluding hydrogens is 336 g/mol. The van der Waals surface area contributed by atoms with Crippen molar-refractivity contribution in [1.29, 1.82) is 0 Å². The molecule has 3 nitrogen and oxygen atoms in total. The van der Waals surface area contributed by atoms with E-state index in [4.69, 9.17) is 11.6 Å². The molecule has 2 rings (SSSR count). The second-order valence-corrected chi connectivity index (χ2v) is 5.68. The molecule has 0 bridgehead atoms. The number of anilines is 1. The Morgan fingerprint density at radius 2 is 2.25 bits per heavy atom. The lowest BCUT2D eigenvalue weighted by Crippen LogP contribution is -2.20. The van der Waals surface area contributed by atoms with Gasteiger partial charge in [0.25, 0.3) is 0 Å². The van der Waals surface area contributed by atoms with Crippen LogP contribution < -0.4 is 5.32 Å². The van der Waals surface area contributed by atoms with Crippen LogP contribution in [0, 0.1) is 15.4 Å². The lowest BCUT2D eigenvalue weighted by molar-refractivity contribution is 0.444. The van der Waals surface area contributed by atoms with Gasteiger partial charge in [-0.25, -0.2) is 9.97 Å². The SMILES string of the molecule is ClCC1CCCC1CNc1ncncc1I. The highest BCUT2D eigenvalue weighted by molar-refractivity contribution is 14.1. The molecule has 16 heavy (non-hydrogen) atoms. The number of hydrogen-bond donors (Lipinski definition) is 1. The van der Waals surface area contributed by atoms with Crippen molar-refractivity contribution in [2.24, 2.45) is 11.8 Å². The first-order valence-electron chi connectivity index (χ1n) is 5.56. The molecule has 0 spiro atoms. The summed E-state index contributed by atoms with van der Waals surface area (Å²) >= 11 is 8.21. The van der Waals surface area contributed by atoms with Gasteiger partial charge in [0.1, 0.15) is 12.1 Å². The molecule has 88 valence electrons. The van der Waals surface area contributed by atoms with Crippen molar-refractivity contribution in [3.05, 3.63) is 16.1 Å². The summed E-state index contributed by atoms with van der Waals surface area (Å²) in [5, 5.41) is 3.40. The molecule has 0 amide bonds. The molecule has 2 unspecified atom stereocenters. The van der Waals surface area contributed by atoms with Gasteiger partial charge >= 0.3 is 0 Å².